The van der Waals surface area contributed by atoms with E-state index in [-0.39, 0.29) is 36.4 Å². The average molecular weight is 733 g/mol. The Kier molecular flexibility index (Phi) is 23.4. The minimum Gasteiger partial charge on any atom is -0.382 e. The first kappa shape index (κ1) is 43.4. The molecule has 0 radical (unpaired) electrons. The van der Waals surface area contributed by atoms with Gasteiger partial charge in [0.2, 0.25) is 11.8 Å². The van der Waals surface area contributed by atoms with Crippen LogP contribution in [-0.4, -0.2) is 153 Å². The number of ether oxygens (including phenoxy) is 8. The lowest BCUT2D eigenvalue weighted by Crippen LogP contribution is -2.54. The summed E-state index contributed by atoms with van der Waals surface area (Å²) < 4.78 is 43.8. The second kappa shape index (κ2) is 27.0. The maximum atomic E-state index is 13.1. The van der Waals surface area contributed by atoms with Crippen LogP contribution in [0.3, 0.4) is 0 Å². The highest BCUT2D eigenvalue weighted by Crippen LogP contribution is 2.32. The van der Waals surface area contributed by atoms with Crippen molar-refractivity contribution in [3.63, 3.8) is 0 Å². The summed E-state index contributed by atoms with van der Waals surface area (Å²) in [6.45, 7) is 8.83. The number of halogens is 1. The average Bonchev–Trinajstić information content (AvgIpc) is 3.35. The van der Waals surface area contributed by atoms with Crippen LogP contribution in [0.15, 0.2) is 18.2 Å². The van der Waals surface area contributed by atoms with Crippen molar-refractivity contribution < 1.29 is 57.1 Å². The topological polar surface area (TPSA) is 195 Å². The van der Waals surface area contributed by atoms with Gasteiger partial charge in [-0.25, -0.2) is 0 Å². The molecule has 4 N–H and O–H groups in total. The Balaban J connectivity index is 0.00000867. The fourth-order valence-corrected chi connectivity index (χ4v) is 4.91. The number of carbonyl (C=O) groups is 4. The molecule has 2 aliphatic rings. The van der Waals surface area contributed by atoms with Crippen molar-refractivity contribution in [2.24, 2.45) is 5.73 Å². The molecular formula is C33H53ClN4O12. The summed E-state index contributed by atoms with van der Waals surface area (Å²) in [6, 6.07) is 3.91. The monoisotopic (exact) mass is 732 g/mol. The second-order valence-electron chi connectivity index (χ2n) is 11.0. The number of nitrogens with zero attached hydrogens (tertiary/aromatic N) is 1. The summed E-state index contributed by atoms with van der Waals surface area (Å²) >= 11 is 0. The number of rotatable bonds is 30. The van der Waals surface area contributed by atoms with E-state index in [1.807, 2.05) is 0 Å². The molecule has 2 heterocycles. The molecule has 50 heavy (non-hydrogen) atoms. The van der Waals surface area contributed by atoms with E-state index < -0.39 is 29.7 Å². The van der Waals surface area contributed by atoms with Crippen molar-refractivity contribution in [2.75, 3.05) is 124 Å². The van der Waals surface area contributed by atoms with E-state index in [9.17, 15) is 19.2 Å². The Hall–Kier alpha value is -2.77. The summed E-state index contributed by atoms with van der Waals surface area (Å²) in [6.07, 6.45) is 2.13. The minimum atomic E-state index is -1.01. The molecule has 1 unspecified atom stereocenters. The number of benzene rings is 1. The summed E-state index contributed by atoms with van der Waals surface area (Å²) in [7, 11) is 0. The van der Waals surface area contributed by atoms with Crippen molar-refractivity contribution in [2.45, 2.75) is 31.7 Å². The smallest absolute Gasteiger partial charge is 0.264 e. The molecule has 1 aromatic rings. The van der Waals surface area contributed by atoms with E-state index in [2.05, 4.69) is 10.6 Å². The lowest BCUT2D eigenvalue weighted by Gasteiger charge is -2.27. The molecule has 0 saturated carbocycles. The van der Waals surface area contributed by atoms with Gasteiger partial charge in [-0.1, -0.05) is 6.07 Å². The van der Waals surface area contributed by atoms with Gasteiger partial charge in [0.15, 0.2) is 0 Å². The van der Waals surface area contributed by atoms with Gasteiger partial charge >= 0.3 is 0 Å². The minimum absolute atomic E-state index is 0. The predicted octanol–water partition coefficient (Wildman–Crippen LogP) is 0.793. The number of imide groups is 2. The quantitative estimate of drug-likeness (QED) is 0.0742. The number of hydrogen-bond acceptors (Lipinski definition) is 14. The van der Waals surface area contributed by atoms with Crippen LogP contribution in [0.25, 0.3) is 0 Å². The van der Waals surface area contributed by atoms with Crippen LogP contribution in [0.5, 0.6) is 0 Å². The van der Waals surface area contributed by atoms with Crippen LogP contribution in [0.4, 0.5) is 5.69 Å². The van der Waals surface area contributed by atoms with Gasteiger partial charge < -0.3 is 48.9 Å². The summed E-state index contributed by atoms with van der Waals surface area (Å²) in [5.41, 5.74) is 6.34. The van der Waals surface area contributed by atoms with Gasteiger partial charge in [-0.15, -0.1) is 12.4 Å². The highest BCUT2D eigenvalue weighted by Gasteiger charge is 2.45. The Bertz CT molecular complexity index is 1150. The molecule has 1 fully saturated rings. The van der Waals surface area contributed by atoms with E-state index in [4.69, 9.17) is 43.6 Å². The molecule has 1 atom stereocenters. The molecule has 284 valence electrons. The largest absolute Gasteiger partial charge is 0.382 e. The third-order valence-electron chi connectivity index (χ3n) is 7.38. The summed E-state index contributed by atoms with van der Waals surface area (Å²) in [4.78, 5) is 50.8. The van der Waals surface area contributed by atoms with Gasteiger partial charge in [-0.2, -0.15) is 0 Å². The molecule has 0 aliphatic carbocycles. The zero-order chi connectivity index (χ0) is 34.9. The zero-order valence-corrected chi connectivity index (χ0v) is 29.5. The maximum absolute atomic E-state index is 13.1. The van der Waals surface area contributed by atoms with Gasteiger partial charge in [0.05, 0.1) is 110 Å². The molecule has 16 nitrogen and oxygen atoms in total. The summed E-state index contributed by atoms with van der Waals surface area (Å²) in [5, 5.41) is 5.33. The Morgan fingerprint density at radius 2 is 1.14 bits per heavy atom. The molecule has 17 heteroatoms. The number of piperidine rings is 1. The van der Waals surface area contributed by atoms with Gasteiger partial charge in [0.25, 0.3) is 11.8 Å². The third-order valence-corrected chi connectivity index (χ3v) is 7.38. The lowest BCUT2D eigenvalue weighted by molar-refractivity contribution is -0.136. The van der Waals surface area contributed by atoms with Crippen molar-refractivity contribution in [3.05, 3.63) is 29.3 Å². The van der Waals surface area contributed by atoms with Gasteiger partial charge in [0, 0.05) is 25.3 Å². The van der Waals surface area contributed by atoms with Crippen LogP contribution < -0.4 is 16.4 Å². The zero-order valence-electron chi connectivity index (χ0n) is 28.7. The van der Waals surface area contributed by atoms with Crippen LogP contribution in [0.1, 0.15) is 46.4 Å². The Morgan fingerprint density at radius 3 is 1.62 bits per heavy atom. The van der Waals surface area contributed by atoms with Crippen molar-refractivity contribution in [1.29, 1.82) is 0 Å². The molecular weight excluding hydrogens is 680 g/mol. The molecule has 0 bridgehead atoms. The number of amides is 4. The van der Waals surface area contributed by atoms with Crippen LogP contribution >= 0.6 is 12.4 Å². The van der Waals surface area contributed by atoms with E-state index in [1.54, 1.807) is 18.2 Å². The lowest BCUT2D eigenvalue weighted by atomic mass is 10.0. The number of hydrogen-bond donors (Lipinski definition) is 3. The fraction of sp³-hybridized carbons (Fsp3) is 0.697. The standard InChI is InChI=1S/C33H52N4O12.ClH/c34-8-1-2-10-42-12-14-44-16-18-46-20-22-48-24-25-49-23-21-47-19-17-45-15-13-43-11-9-35-27-5-3-4-26-30(27)33(41)37(32(26)40)28-6-7-29(38)36-31(28)39;/h3-5,28,35H,1-2,6-25,34H2,(H,36,38,39);1H. The van der Waals surface area contributed by atoms with Crippen molar-refractivity contribution >= 4 is 41.7 Å². The van der Waals surface area contributed by atoms with E-state index in [1.165, 1.54) is 0 Å². The molecule has 1 aromatic carbocycles. The van der Waals surface area contributed by atoms with E-state index in [0.29, 0.717) is 118 Å². The number of nitrogens with two attached hydrogens (primary N) is 1. The first-order chi connectivity index (χ1) is 24.0. The normalized spacial score (nSPS) is 15.7. The number of unbranched alkanes of at least 4 members (excludes halogenated alkanes) is 1. The molecule has 2 aliphatic heterocycles. The number of fused-ring (bicyclic) bond motifs is 1. The van der Waals surface area contributed by atoms with Crippen LogP contribution in [-0.2, 0) is 47.5 Å². The molecule has 3 rings (SSSR count). The third kappa shape index (κ3) is 16.1. The van der Waals surface area contributed by atoms with Gasteiger partial charge in [-0.3, -0.25) is 29.4 Å². The molecule has 4 amide bonds. The first-order valence-corrected chi connectivity index (χ1v) is 16.9. The Morgan fingerprint density at radius 1 is 0.660 bits per heavy atom. The fourth-order valence-electron chi connectivity index (χ4n) is 4.91. The van der Waals surface area contributed by atoms with Crippen molar-refractivity contribution in [1.82, 2.24) is 10.2 Å². The maximum Gasteiger partial charge on any atom is 0.264 e. The highest BCUT2D eigenvalue weighted by molar-refractivity contribution is 6.25. The van der Waals surface area contributed by atoms with E-state index in [0.717, 1.165) is 24.3 Å². The number of anilines is 1. The van der Waals surface area contributed by atoms with Gasteiger partial charge in [0.1, 0.15) is 6.04 Å². The number of nitrogens with one attached hydrogen (secondary N) is 2. The molecule has 0 spiro atoms. The first-order valence-electron chi connectivity index (χ1n) is 16.9. The van der Waals surface area contributed by atoms with Crippen LogP contribution in [0.2, 0.25) is 0 Å². The Labute approximate surface area is 299 Å². The molecule has 0 aromatic heterocycles. The summed E-state index contributed by atoms with van der Waals surface area (Å²) in [5.74, 6) is -2.16. The van der Waals surface area contributed by atoms with Crippen molar-refractivity contribution in [3.8, 4) is 0 Å². The number of carbonyl (C=O) groups excluding carboxylic acids is 4. The van der Waals surface area contributed by atoms with E-state index >= 15 is 0 Å². The molecule has 1 saturated heterocycles. The SMILES string of the molecule is Cl.NCCCCOCCOCCOCCOCCOCCOCCOCCOCCNc1cccc2c1C(=O)N(C1CCC(=O)NC1=O)C2=O. The highest BCUT2D eigenvalue weighted by atomic mass is 35.5. The van der Waals surface area contributed by atoms with Gasteiger partial charge in [-0.05, 0) is 37.9 Å². The second-order valence-corrected chi connectivity index (χ2v) is 11.0. The predicted molar refractivity (Wildman–Crippen MR) is 184 cm³/mol. The van der Waals surface area contributed by atoms with Crippen LogP contribution in [0, 0.1) is 0 Å².